The van der Waals surface area contributed by atoms with Gasteiger partial charge < -0.3 is 14.6 Å². The summed E-state index contributed by atoms with van der Waals surface area (Å²) < 4.78 is 10.6. The number of imide groups is 1. The highest BCUT2D eigenvalue weighted by Crippen LogP contribution is 2.44. The Kier molecular flexibility index (Phi) is 2.93. The standard InChI is InChI=1S/C12H15NO5/c14-4-6-17-5-3-13-11(15)9-7-1-2-8(18-7)10(9)12(13)16/h1-2,7-10,14H,3-6H2/t7-,8?,9?,10?/m1/s1. The van der Waals surface area contributed by atoms with Crippen molar-refractivity contribution in [3.05, 3.63) is 12.2 Å². The first-order valence-electron chi connectivity index (χ1n) is 6.11. The van der Waals surface area contributed by atoms with Crippen LogP contribution in [-0.4, -0.2) is 60.4 Å². The molecule has 3 heterocycles. The van der Waals surface area contributed by atoms with Gasteiger partial charge in [0.05, 0.1) is 50.4 Å². The van der Waals surface area contributed by atoms with Crippen LogP contribution in [0, 0.1) is 11.8 Å². The molecule has 3 aliphatic heterocycles. The van der Waals surface area contributed by atoms with E-state index >= 15 is 0 Å². The van der Waals surface area contributed by atoms with Crippen molar-refractivity contribution in [3.63, 3.8) is 0 Å². The summed E-state index contributed by atoms with van der Waals surface area (Å²) >= 11 is 0. The molecule has 2 saturated heterocycles. The number of aliphatic hydroxyl groups is 1. The summed E-state index contributed by atoms with van der Waals surface area (Å²) in [7, 11) is 0. The van der Waals surface area contributed by atoms with Gasteiger partial charge in [-0.05, 0) is 0 Å². The van der Waals surface area contributed by atoms with E-state index in [0.717, 1.165) is 0 Å². The lowest BCUT2D eigenvalue weighted by Gasteiger charge is -2.17. The van der Waals surface area contributed by atoms with Gasteiger partial charge in [0.2, 0.25) is 11.8 Å². The number of fused-ring (bicyclic) bond motifs is 5. The van der Waals surface area contributed by atoms with E-state index < -0.39 is 0 Å². The summed E-state index contributed by atoms with van der Waals surface area (Å²) in [5.41, 5.74) is 0. The van der Waals surface area contributed by atoms with Crippen molar-refractivity contribution < 1.29 is 24.2 Å². The largest absolute Gasteiger partial charge is 0.394 e. The van der Waals surface area contributed by atoms with Crippen LogP contribution in [0.5, 0.6) is 0 Å². The van der Waals surface area contributed by atoms with Crippen molar-refractivity contribution in [1.29, 1.82) is 0 Å². The van der Waals surface area contributed by atoms with Gasteiger partial charge in [-0.3, -0.25) is 14.5 Å². The predicted octanol–water partition coefficient (Wildman–Crippen LogP) is -1.07. The maximum Gasteiger partial charge on any atom is 0.236 e. The van der Waals surface area contributed by atoms with Crippen LogP contribution in [0.3, 0.4) is 0 Å². The van der Waals surface area contributed by atoms with Crippen LogP contribution in [0.25, 0.3) is 0 Å². The summed E-state index contributed by atoms with van der Waals surface area (Å²) in [4.78, 5) is 25.5. The molecule has 0 aromatic carbocycles. The first-order chi connectivity index (χ1) is 8.74. The normalized spacial score (nSPS) is 36.8. The van der Waals surface area contributed by atoms with Gasteiger partial charge in [0, 0.05) is 0 Å². The van der Waals surface area contributed by atoms with E-state index in [4.69, 9.17) is 14.6 Å². The molecule has 0 saturated carbocycles. The summed E-state index contributed by atoms with van der Waals surface area (Å²) in [6, 6.07) is 0. The van der Waals surface area contributed by atoms with Gasteiger partial charge in [0.15, 0.2) is 0 Å². The number of hydrogen-bond donors (Lipinski definition) is 1. The van der Waals surface area contributed by atoms with E-state index in [1.165, 1.54) is 4.90 Å². The minimum atomic E-state index is -0.342. The highest BCUT2D eigenvalue weighted by Gasteiger charge is 2.60. The molecule has 0 radical (unpaired) electrons. The Morgan fingerprint density at radius 1 is 1.17 bits per heavy atom. The fourth-order valence-electron chi connectivity index (χ4n) is 2.91. The third-order valence-corrected chi connectivity index (χ3v) is 3.70. The number of amides is 2. The van der Waals surface area contributed by atoms with E-state index in [0.29, 0.717) is 0 Å². The zero-order valence-corrected chi connectivity index (χ0v) is 9.82. The van der Waals surface area contributed by atoms with Gasteiger partial charge in [0.1, 0.15) is 0 Å². The quantitative estimate of drug-likeness (QED) is 0.384. The molecular weight excluding hydrogens is 238 g/mol. The van der Waals surface area contributed by atoms with Crippen molar-refractivity contribution in [2.75, 3.05) is 26.4 Å². The second kappa shape index (κ2) is 4.46. The lowest BCUT2D eigenvalue weighted by Crippen LogP contribution is -2.37. The zero-order valence-electron chi connectivity index (χ0n) is 9.82. The van der Waals surface area contributed by atoms with Gasteiger partial charge in [-0.25, -0.2) is 0 Å². The first-order valence-corrected chi connectivity index (χ1v) is 6.11. The monoisotopic (exact) mass is 253 g/mol. The minimum absolute atomic E-state index is 0.0605. The van der Waals surface area contributed by atoms with Gasteiger partial charge in [-0.1, -0.05) is 12.2 Å². The predicted molar refractivity (Wildman–Crippen MR) is 59.4 cm³/mol. The number of likely N-dealkylation sites (tertiary alicyclic amines) is 1. The van der Waals surface area contributed by atoms with Crippen LogP contribution in [0.15, 0.2) is 12.2 Å². The summed E-state index contributed by atoms with van der Waals surface area (Å²) in [6.45, 7) is 0.680. The molecule has 6 nitrogen and oxygen atoms in total. The number of aliphatic hydroxyl groups excluding tert-OH is 1. The van der Waals surface area contributed by atoms with Gasteiger partial charge >= 0.3 is 0 Å². The molecule has 4 atom stereocenters. The molecule has 3 unspecified atom stereocenters. The number of rotatable bonds is 5. The van der Waals surface area contributed by atoms with E-state index in [9.17, 15) is 9.59 Å². The topological polar surface area (TPSA) is 76.1 Å². The Bertz CT molecular complexity index is 377. The molecule has 0 aliphatic carbocycles. The number of nitrogens with zero attached hydrogens (tertiary/aromatic N) is 1. The SMILES string of the molecule is O=C1C2C3C=C[C@@H](O3)C2C(=O)N1CCOCCO. The zero-order chi connectivity index (χ0) is 12.7. The number of hydrogen-bond acceptors (Lipinski definition) is 5. The van der Waals surface area contributed by atoms with Crippen molar-refractivity contribution >= 4 is 11.8 Å². The second-order valence-corrected chi connectivity index (χ2v) is 4.67. The Labute approximate surface area is 104 Å². The number of carbonyl (C=O) groups excluding carboxylic acids is 2. The second-order valence-electron chi connectivity index (χ2n) is 4.67. The molecule has 0 aromatic rings. The highest BCUT2D eigenvalue weighted by atomic mass is 16.5. The molecule has 2 amide bonds. The minimum Gasteiger partial charge on any atom is -0.394 e. The molecule has 6 heteroatoms. The van der Waals surface area contributed by atoms with Crippen LogP contribution < -0.4 is 0 Å². The van der Waals surface area contributed by atoms with Gasteiger partial charge in [-0.15, -0.1) is 0 Å². The number of ether oxygens (including phenoxy) is 2. The molecule has 3 aliphatic rings. The molecule has 0 aromatic heterocycles. The molecule has 1 N–H and O–H groups in total. The molecule has 0 spiro atoms. The Morgan fingerprint density at radius 2 is 1.78 bits per heavy atom. The van der Waals surface area contributed by atoms with Crippen molar-refractivity contribution in [1.82, 2.24) is 4.90 Å². The van der Waals surface area contributed by atoms with Crippen LogP contribution >= 0.6 is 0 Å². The van der Waals surface area contributed by atoms with E-state index in [-0.39, 0.29) is 62.2 Å². The average molecular weight is 253 g/mol. The van der Waals surface area contributed by atoms with E-state index in [1.807, 2.05) is 12.2 Å². The van der Waals surface area contributed by atoms with Crippen molar-refractivity contribution in [2.45, 2.75) is 12.2 Å². The third-order valence-electron chi connectivity index (χ3n) is 3.70. The summed E-state index contributed by atoms with van der Waals surface area (Å²) in [5, 5.41) is 8.57. The lowest BCUT2D eigenvalue weighted by atomic mass is 9.85. The van der Waals surface area contributed by atoms with E-state index in [2.05, 4.69) is 0 Å². The van der Waals surface area contributed by atoms with Crippen LogP contribution in [0.2, 0.25) is 0 Å². The lowest BCUT2D eigenvalue weighted by molar-refractivity contribution is -0.143. The van der Waals surface area contributed by atoms with Crippen molar-refractivity contribution in [2.24, 2.45) is 11.8 Å². The molecule has 18 heavy (non-hydrogen) atoms. The third kappa shape index (κ3) is 1.60. The Balaban J connectivity index is 1.65. The molecule has 98 valence electrons. The smallest absolute Gasteiger partial charge is 0.236 e. The average Bonchev–Trinajstić information content (AvgIpc) is 3.02. The Hall–Kier alpha value is -1.24. The fraction of sp³-hybridized carbons (Fsp3) is 0.667. The highest BCUT2D eigenvalue weighted by molar-refractivity contribution is 6.06. The van der Waals surface area contributed by atoms with Gasteiger partial charge in [-0.2, -0.15) is 0 Å². The maximum atomic E-state index is 12.1. The first kappa shape index (κ1) is 11.8. The van der Waals surface area contributed by atoms with Gasteiger partial charge in [0.25, 0.3) is 0 Å². The van der Waals surface area contributed by atoms with Crippen molar-refractivity contribution in [3.8, 4) is 0 Å². The van der Waals surface area contributed by atoms with Crippen LogP contribution in [0.1, 0.15) is 0 Å². The van der Waals surface area contributed by atoms with Crippen LogP contribution in [0.4, 0.5) is 0 Å². The summed E-state index contributed by atoms with van der Waals surface area (Å²) in [6.07, 6.45) is 3.26. The molecule has 2 bridgehead atoms. The molecular formula is C12H15NO5. The summed E-state index contributed by atoms with van der Waals surface area (Å²) in [5.74, 6) is -1.00. The number of carbonyl (C=O) groups is 2. The maximum absolute atomic E-state index is 12.1. The fourth-order valence-corrected chi connectivity index (χ4v) is 2.91. The molecule has 2 fully saturated rings. The van der Waals surface area contributed by atoms with E-state index in [1.54, 1.807) is 0 Å². The molecule has 3 rings (SSSR count). The van der Waals surface area contributed by atoms with Crippen LogP contribution in [-0.2, 0) is 19.1 Å². The Morgan fingerprint density at radius 3 is 2.33 bits per heavy atom.